The first kappa shape index (κ1) is 17.9. The van der Waals surface area contributed by atoms with Crippen molar-refractivity contribution in [2.24, 2.45) is 0 Å². The van der Waals surface area contributed by atoms with Gasteiger partial charge in [0, 0.05) is 43.9 Å². The second kappa shape index (κ2) is 7.62. The number of pyridine rings is 1. The Morgan fingerprint density at radius 1 is 1.26 bits per heavy atom. The average molecular weight is 370 g/mol. The molecule has 2 aliphatic heterocycles. The summed E-state index contributed by atoms with van der Waals surface area (Å²) in [6, 6.07) is 4.16. The maximum absolute atomic E-state index is 12.5. The van der Waals surface area contributed by atoms with E-state index in [9.17, 15) is 4.79 Å². The third-order valence-electron chi connectivity index (χ3n) is 5.29. The van der Waals surface area contributed by atoms with Crippen molar-refractivity contribution in [1.29, 1.82) is 0 Å². The summed E-state index contributed by atoms with van der Waals surface area (Å²) in [5.41, 5.74) is 7.75. The number of aromatic nitrogens is 1. The summed E-state index contributed by atoms with van der Waals surface area (Å²) in [6.45, 7) is 3.49. The summed E-state index contributed by atoms with van der Waals surface area (Å²) in [6.07, 6.45) is 4.85. The van der Waals surface area contributed by atoms with Crippen LogP contribution in [0.25, 0.3) is 10.9 Å². The minimum absolute atomic E-state index is 0.0000840. The Labute approximate surface area is 158 Å². The van der Waals surface area contributed by atoms with Gasteiger partial charge in [0.15, 0.2) is 0 Å². The summed E-state index contributed by atoms with van der Waals surface area (Å²) >= 11 is 0. The van der Waals surface area contributed by atoms with Gasteiger partial charge < -0.3 is 15.0 Å². The lowest BCUT2D eigenvalue weighted by atomic mass is 9.99. The van der Waals surface area contributed by atoms with Crippen molar-refractivity contribution in [3.8, 4) is 5.75 Å². The van der Waals surface area contributed by atoms with Crippen LogP contribution in [-0.4, -0.2) is 43.7 Å². The molecule has 0 radical (unpaired) electrons. The number of aromatic amines is 1. The zero-order chi connectivity index (χ0) is 18.8. The summed E-state index contributed by atoms with van der Waals surface area (Å²) in [4.78, 5) is 22.9. The first-order valence-electron chi connectivity index (χ1n) is 9.39. The van der Waals surface area contributed by atoms with Crippen molar-refractivity contribution in [2.75, 3.05) is 39.2 Å². The number of rotatable bonds is 5. The molecule has 0 fully saturated rings. The van der Waals surface area contributed by atoms with Crippen LogP contribution in [0.3, 0.4) is 0 Å². The Morgan fingerprint density at radius 2 is 2.15 bits per heavy atom. The van der Waals surface area contributed by atoms with Gasteiger partial charge in [0.1, 0.15) is 5.75 Å². The number of nitrogens with zero attached hydrogens (tertiary/aromatic N) is 1. The minimum atomic E-state index is 0.0000840. The van der Waals surface area contributed by atoms with E-state index in [1.807, 2.05) is 0 Å². The molecule has 0 spiro atoms. The molecule has 0 saturated heterocycles. The number of methoxy groups -OCH3 is 1. The number of ether oxygens (including phenoxy) is 1. The number of anilines is 1. The molecule has 2 aromatic rings. The number of H-pyrrole nitrogens is 1. The van der Waals surface area contributed by atoms with Crippen LogP contribution in [0.2, 0.25) is 0 Å². The molecule has 0 amide bonds. The quantitative estimate of drug-likeness (QED) is 0.700. The van der Waals surface area contributed by atoms with Crippen LogP contribution in [0.5, 0.6) is 5.75 Å². The second-order valence-corrected chi connectivity index (χ2v) is 7.08. The monoisotopic (exact) mass is 370 g/mol. The standard InChI is InChI=1S/C20H26N4O3/c1-26-17-11-13(12-24-8-5-14(6-9-24)23-27-2)10-16-18(17)19-15(20(25)22-16)4-3-7-21-19/h5,10-11,21,23H,3-4,6-9,12H2,1-2H3,(H,22,25). The zero-order valence-corrected chi connectivity index (χ0v) is 15.9. The van der Waals surface area contributed by atoms with Crippen LogP contribution in [-0.2, 0) is 17.8 Å². The van der Waals surface area contributed by atoms with Gasteiger partial charge in [0.05, 0.1) is 30.8 Å². The molecule has 0 aliphatic carbocycles. The maximum Gasteiger partial charge on any atom is 0.253 e. The van der Waals surface area contributed by atoms with E-state index in [-0.39, 0.29) is 5.56 Å². The molecule has 1 aromatic heterocycles. The largest absolute Gasteiger partial charge is 0.496 e. The van der Waals surface area contributed by atoms with Gasteiger partial charge in [0.25, 0.3) is 5.56 Å². The molecular formula is C20H26N4O3. The fourth-order valence-electron chi connectivity index (χ4n) is 3.99. The molecule has 7 heteroatoms. The Hall–Kier alpha value is -2.51. The molecule has 0 bridgehead atoms. The first-order chi connectivity index (χ1) is 13.2. The number of benzene rings is 1. The van der Waals surface area contributed by atoms with Gasteiger partial charge in [-0.15, -0.1) is 0 Å². The van der Waals surface area contributed by atoms with Crippen molar-refractivity contribution in [3.05, 3.63) is 45.4 Å². The SMILES string of the molecule is CONC1=CCN(Cc2cc(OC)c3c4c(c(=O)[nH]c3c2)CCCN4)CC1. The molecular weight excluding hydrogens is 344 g/mol. The van der Waals surface area contributed by atoms with E-state index in [2.05, 4.69) is 38.9 Å². The molecule has 27 heavy (non-hydrogen) atoms. The van der Waals surface area contributed by atoms with Crippen LogP contribution < -0.4 is 21.1 Å². The molecule has 4 rings (SSSR count). The minimum Gasteiger partial charge on any atom is -0.496 e. The van der Waals surface area contributed by atoms with Crippen LogP contribution in [0, 0.1) is 0 Å². The summed E-state index contributed by atoms with van der Waals surface area (Å²) in [7, 11) is 3.31. The number of hydrogen-bond donors (Lipinski definition) is 3. The highest BCUT2D eigenvalue weighted by Gasteiger charge is 2.20. The van der Waals surface area contributed by atoms with Crippen LogP contribution in [0.15, 0.2) is 28.7 Å². The summed E-state index contributed by atoms with van der Waals surface area (Å²) in [5, 5.41) is 4.37. The van der Waals surface area contributed by atoms with E-state index in [1.165, 1.54) is 0 Å². The maximum atomic E-state index is 12.5. The van der Waals surface area contributed by atoms with Crippen LogP contribution in [0.4, 0.5) is 5.69 Å². The lowest BCUT2D eigenvalue weighted by Gasteiger charge is -2.27. The normalized spacial score (nSPS) is 17.2. The molecule has 0 unspecified atom stereocenters. The van der Waals surface area contributed by atoms with Crippen molar-refractivity contribution in [1.82, 2.24) is 15.4 Å². The molecule has 3 heterocycles. The van der Waals surface area contributed by atoms with E-state index in [0.29, 0.717) is 0 Å². The number of fused-ring (bicyclic) bond motifs is 3. The van der Waals surface area contributed by atoms with Crippen molar-refractivity contribution >= 4 is 16.6 Å². The van der Waals surface area contributed by atoms with Crippen LogP contribution in [0.1, 0.15) is 24.0 Å². The molecule has 7 nitrogen and oxygen atoms in total. The second-order valence-electron chi connectivity index (χ2n) is 7.08. The fourth-order valence-corrected chi connectivity index (χ4v) is 3.99. The van der Waals surface area contributed by atoms with Crippen molar-refractivity contribution in [2.45, 2.75) is 25.8 Å². The molecule has 144 valence electrons. The number of hydrogen-bond acceptors (Lipinski definition) is 6. The van der Waals surface area contributed by atoms with Crippen molar-refractivity contribution < 1.29 is 9.57 Å². The zero-order valence-electron chi connectivity index (χ0n) is 15.9. The van der Waals surface area contributed by atoms with Crippen LogP contribution >= 0.6 is 0 Å². The number of hydroxylamine groups is 1. The van der Waals surface area contributed by atoms with Gasteiger partial charge in [-0.1, -0.05) is 0 Å². The molecule has 0 atom stereocenters. The Bertz CT molecular complexity index is 935. The molecule has 1 aromatic carbocycles. The molecule has 2 aliphatic rings. The third kappa shape index (κ3) is 3.52. The molecule has 3 N–H and O–H groups in total. The highest BCUT2D eigenvalue weighted by Crippen LogP contribution is 2.35. The lowest BCUT2D eigenvalue weighted by Crippen LogP contribution is -2.31. The third-order valence-corrected chi connectivity index (χ3v) is 5.29. The lowest BCUT2D eigenvalue weighted by molar-refractivity contribution is 0.109. The summed E-state index contributed by atoms with van der Waals surface area (Å²) in [5.74, 6) is 0.804. The predicted molar refractivity (Wildman–Crippen MR) is 106 cm³/mol. The van der Waals surface area contributed by atoms with E-state index in [0.717, 1.165) is 84.6 Å². The molecule has 0 saturated carbocycles. The van der Waals surface area contributed by atoms with Gasteiger partial charge >= 0.3 is 0 Å². The Balaban J connectivity index is 1.66. The Morgan fingerprint density at radius 3 is 2.89 bits per heavy atom. The van der Waals surface area contributed by atoms with Gasteiger partial charge in [-0.3, -0.25) is 20.0 Å². The average Bonchev–Trinajstić information content (AvgIpc) is 2.69. The van der Waals surface area contributed by atoms with Gasteiger partial charge in [0.2, 0.25) is 0 Å². The highest BCUT2D eigenvalue weighted by molar-refractivity contribution is 5.98. The van der Waals surface area contributed by atoms with Gasteiger partial charge in [-0.25, -0.2) is 0 Å². The first-order valence-corrected chi connectivity index (χ1v) is 9.39. The van der Waals surface area contributed by atoms with Crippen molar-refractivity contribution in [3.63, 3.8) is 0 Å². The van der Waals surface area contributed by atoms with E-state index in [4.69, 9.17) is 9.57 Å². The van der Waals surface area contributed by atoms with Gasteiger partial charge in [-0.05, 0) is 36.6 Å². The highest BCUT2D eigenvalue weighted by atomic mass is 16.6. The topological polar surface area (TPSA) is 78.6 Å². The van der Waals surface area contributed by atoms with E-state index >= 15 is 0 Å². The van der Waals surface area contributed by atoms with E-state index < -0.39 is 0 Å². The summed E-state index contributed by atoms with van der Waals surface area (Å²) < 4.78 is 5.69. The van der Waals surface area contributed by atoms with E-state index in [1.54, 1.807) is 14.2 Å². The van der Waals surface area contributed by atoms with Gasteiger partial charge in [-0.2, -0.15) is 0 Å². The number of nitrogens with one attached hydrogen (secondary N) is 3. The Kier molecular flexibility index (Phi) is 5.05. The predicted octanol–water partition coefficient (Wildman–Crippen LogP) is 2.14. The fraction of sp³-hybridized carbons (Fsp3) is 0.450. The smallest absolute Gasteiger partial charge is 0.253 e.